The van der Waals surface area contributed by atoms with Gasteiger partial charge in [0.2, 0.25) is 0 Å². The van der Waals surface area contributed by atoms with E-state index in [1.165, 1.54) is 18.2 Å². The average Bonchev–Trinajstić information content (AvgIpc) is 3.19. The Balaban J connectivity index is 0.00000166. The van der Waals surface area contributed by atoms with E-state index in [1.54, 1.807) is 25.1 Å². The van der Waals surface area contributed by atoms with Crippen LogP contribution in [0.4, 0.5) is 24.5 Å². The fourth-order valence-corrected chi connectivity index (χ4v) is 2.45. The van der Waals surface area contributed by atoms with Crippen LogP contribution in [-0.4, -0.2) is 16.8 Å². The second-order valence-corrected chi connectivity index (χ2v) is 5.91. The van der Waals surface area contributed by atoms with E-state index in [2.05, 4.69) is 21.2 Å². The van der Waals surface area contributed by atoms with Crippen molar-refractivity contribution in [3.8, 4) is 0 Å². The number of alkyl halides is 3. The first-order valence-corrected chi connectivity index (χ1v) is 9.30. The van der Waals surface area contributed by atoms with Gasteiger partial charge in [0.25, 0.3) is 11.8 Å². The summed E-state index contributed by atoms with van der Waals surface area (Å²) in [5.74, 6) is -0.992. The lowest BCUT2D eigenvalue weighted by molar-refractivity contribution is -0.137. The summed E-state index contributed by atoms with van der Waals surface area (Å²) in [7, 11) is 0. The number of carbonyl (C=O) groups is 2. The maximum atomic E-state index is 12.7. The molecule has 0 bridgehead atoms. The summed E-state index contributed by atoms with van der Waals surface area (Å²) in [5.41, 5.74) is 4.61. The van der Waals surface area contributed by atoms with Crippen LogP contribution < -0.4 is 16.2 Å². The van der Waals surface area contributed by atoms with Gasteiger partial charge in [-0.25, -0.2) is 4.98 Å². The molecule has 2 aromatic carbocycles. The number of hydrogen-bond donors (Lipinski definition) is 3. The summed E-state index contributed by atoms with van der Waals surface area (Å²) in [6, 6.07) is 10.7. The normalized spacial score (nSPS) is 10.5. The number of aromatic nitrogens is 1. The number of aryl methyl sites for hydroxylation is 1. The summed E-state index contributed by atoms with van der Waals surface area (Å²) in [4.78, 5) is 28.2. The molecule has 0 atom stereocenters. The second kappa shape index (κ2) is 10.3. The van der Waals surface area contributed by atoms with Crippen molar-refractivity contribution in [1.82, 2.24) is 15.8 Å². The highest BCUT2D eigenvalue weighted by atomic mass is 19.4. The van der Waals surface area contributed by atoms with Crippen molar-refractivity contribution in [2.75, 3.05) is 5.32 Å². The highest BCUT2D eigenvalue weighted by Gasteiger charge is 2.30. The maximum absolute atomic E-state index is 12.7. The molecule has 0 unspecified atom stereocenters. The zero-order valence-electron chi connectivity index (χ0n) is 17.0. The number of halogens is 3. The Morgan fingerprint density at radius 1 is 0.935 bits per heavy atom. The molecule has 7 nitrogen and oxygen atoms in total. The fraction of sp³-hybridized carbons (Fsp3) is 0.190. The third-order valence-electron chi connectivity index (χ3n) is 3.91. The van der Waals surface area contributed by atoms with Crippen molar-refractivity contribution >= 4 is 23.2 Å². The number of anilines is 2. The summed E-state index contributed by atoms with van der Waals surface area (Å²) in [6.45, 7) is 5.55. The highest BCUT2D eigenvalue weighted by molar-refractivity contribution is 6.02. The molecule has 0 saturated carbocycles. The van der Waals surface area contributed by atoms with Crippen LogP contribution in [-0.2, 0) is 6.18 Å². The quantitative estimate of drug-likeness (QED) is 0.511. The molecule has 0 saturated heterocycles. The number of carbonyl (C=O) groups excluding carboxylic acids is 2. The largest absolute Gasteiger partial charge is 0.448 e. The molecule has 0 aliphatic carbocycles. The van der Waals surface area contributed by atoms with Crippen molar-refractivity contribution in [2.24, 2.45) is 0 Å². The SMILES string of the molecule is CC.Cc1ocnc1C(=O)NNC(=O)c1ccccc1Nc1ccc(C(F)(F)F)cc1. The van der Waals surface area contributed by atoms with Crippen LogP contribution >= 0.6 is 0 Å². The standard InChI is InChI=1S/C19H15F3N4O3.C2H6/c1-11-16(23-10-29-11)18(28)26-25-17(27)14-4-2-3-5-15(14)24-13-8-6-12(7-9-13)19(20,21)22;1-2/h2-10,24H,1H3,(H,25,27)(H,26,28);1-2H3. The van der Waals surface area contributed by atoms with E-state index >= 15 is 0 Å². The molecule has 0 spiro atoms. The molecule has 0 radical (unpaired) electrons. The molecule has 1 heterocycles. The first-order chi connectivity index (χ1) is 14.8. The van der Waals surface area contributed by atoms with Gasteiger partial charge in [0.05, 0.1) is 16.8 Å². The molecule has 3 N–H and O–H groups in total. The van der Waals surface area contributed by atoms with Gasteiger partial charge in [0.1, 0.15) is 5.76 Å². The molecule has 0 fully saturated rings. The molecule has 3 rings (SSSR count). The van der Waals surface area contributed by atoms with E-state index in [0.29, 0.717) is 17.1 Å². The minimum Gasteiger partial charge on any atom is -0.448 e. The van der Waals surface area contributed by atoms with Crippen LogP contribution in [0, 0.1) is 6.92 Å². The molecule has 0 aliphatic heterocycles. The van der Waals surface area contributed by atoms with Crippen LogP contribution in [0.5, 0.6) is 0 Å². The minimum atomic E-state index is -4.43. The van der Waals surface area contributed by atoms with Gasteiger partial charge in [0, 0.05) is 5.69 Å². The lowest BCUT2D eigenvalue weighted by Gasteiger charge is -2.13. The van der Waals surface area contributed by atoms with Gasteiger partial charge in [-0.2, -0.15) is 13.2 Å². The summed E-state index contributed by atoms with van der Waals surface area (Å²) in [5, 5.41) is 2.89. The third kappa shape index (κ3) is 6.08. The van der Waals surface area contributed by atoms with Gasteiger partial charge in [-0.05, 0) is 43.3 Å². The van der Waals surface area contributed by atoms with Gasteiger partial charge in [0.15, 0.2) is 12.1 Å². The smallest absolute Gasteiger partial charge is 0.416 e. The van der Waals surface area contributed by atoms with Crippen molar-refractivity contribution in [1.29, 1.82) is 0 Å². The number of hydrazine groups is 1. The number of para-hydroxylation sites is 1. The highest BCUT2D eigenvalue weighted by Crippen LogP contribution is 2.30. The van der Waals surface area contributed by atoms with Gasteiger partial charge in [-0.15, -0.1) is 0 Å². The monoisotopic (exact) mass is 434 g/mol. The molecular weight excluding hydrogens is 413 g/mol. The lowest BCUT2D eigenvalue weighted by atomic mass is 10.1. The van der Waals surface area contributed by atoms with Crippen LogP contribution in [0.1, 0.15) is 46.0 Å². The minimum absolute atomic E-state index is 0.0291. The first kappa shape index (κ1) is 23.5. The number of hydrogen-bond acceptors (Lipinski definition) is 5. The maximum Gasteiger partial charge on any atom is 0.416 e. The predicted octanol–water partition coefficient (Wildman–Crippen LogP) is 4.85. The summed E-state index contributed by atoms with van der Waals surface area (Å²) in [6.07, 6.45) is -3.33. The lowest BCUT2D eigenvalue weighted by Crippen LogP contribution is -2.42. The van der Waals surface area contributed by atoms with Crippen LogP contribution in [0.15, 0.2) is 59.3 Å². The molecule has 3 aromatic rings. The molecule has 164 valence electrons. The van der Waals surface area contributed by atoms with Crippen LogP contribution in [0.25, 0.3) is 0 Å². The second-order valence-electron chi connectivity index (χ2n) is 5.91. The molecular formula is C21H21F3N4O3. The van der Waals surface area contributed by atoms with Crippen molar-refractivity contribution in [3.63, 3.8) is 0 Å². The first-order valence-electron chi connectivity index (χ1n) is 9.30. The van der Waals surface area contributed by atoms with E-state index in [9.17, 15) is 22.8 Å². The van der Waals surface area contributed by atoms with E-state index < -0.39 is 23.6 Å². The van der Waals surface area contributed by atoms with Crippen molar-refractivity contribution < 1.29 is 27.2 Å². The molecule has 31 heavy (non-hydrogen) atoms. The van der Waals surface area contributed by atoms with E-state index in [0.717, 1.165) is 18.5 Å². The number of rotatable bonds is 4. The number of oxazole rings is 1. The fourth-order valence-electron chi connectivity index (χ4n) is 2.45. The van der Waals surface area contributed by atoms with Gasteiger partial charge >= 0.3 is 6.18 Å². The number of nitrogens with one attached hydrogen (secondary N) is 3. The van der Waals surface area contributed by atoms with E-state index in [-0.39, 0.29) is 11.3 Å². The van der Waals surface area contributed by atoms with Gasteiger partial charge in [-0.3, -0.25) is 20.4 Å². The Hall–Kier alpha value is -3.82. The zero-order chi connectivity index (χ0) is 23.0. The van der Waals surface area contributed by atoms with Gasteiger partial charge in [-0.1, -0.05) is 26.0 Å². The average molecular weight is 434 g/mol. The van der Waals surface area contributed by atoms with E-state index in [4.69, 9.17) is 4.42 Å². The number of nitrogens with zero attached hydrogens (tertiary/aromatic N) is 1. The van der Waals surface area contributed by atoms with Crippen LogP contribution in [0.2, 0.25) is 0 Å². The summed E-state index contributed by atoms with van der Waals surface area (Å²) < 4.78 is 43.0. The van der Waals surface area contributed by atoms with Crippen molar-refractivity contribution in [3.05, 3.63) is 77.5 Å². The summed E-state index contributed by atoms with van der Waals surface area (Å²) >= 11 is 0. The Morgan fingerprint density at radius 2 is 1.55 bits per heavy atom. The number of amides is 2. The van der Waals surface area contributed by atoms with Crippen LogP contribution in [0.3, 0.4) is 0 Å². The van der Waals surface area contributed by atoms with Gasteiger partial charge < -0.3 is 9.73 Å². The zero-order valence-corrected chi connectivity index (χ0v) is 17.0. The number of benzene rings is 2. The third-order valence-corrected chi connectivity index (χ3v) is 3.91. The Bertz CT molecular complexity index is 1030. The molecule has 10 heteroatoms. The topological polar surface area (TPSA) is 96.3 Å². The molecule has 2 amide bonds. The van der Waals surface area contributed by atoms with Crippen molar-refractivity contribution in [2.45, 2.75) is 26.9 Å². The molecule has 0 aliphatic rings. The Kier molecular flexibility index (Phi) is 7.78. The molecule has 1 aromatic heterocycles. The Morgan fingerprint density at radius 3 is 2.13 bits per heavy atom. The predicted molar refractivity (Wildman–Crippen MR) is 109 cm³/mol. The Labute approximate surface area is 176 Å². The van der Waals surface area contributed by atoms with E-state index in [1.807, 2.05) is 13.8 Å².